The van der Waals surface area contributed by atoms with Crippen LogP contribution in [0.1, 0.15) is 30.6 Å². The normalized spacial score (nSPS) is 13.9. The van der Waals surface area contributed by atoms with E-state index in [-0.39, 0.29) is 5.91 Å². The summed E-state index contributed by atoms with van der Waals surface area (Å²) in [7, 11) is 0. The van der Waals surface area contributed by atoms with Crippen molar-refractivity contribution in [1.29, 1.82) is 0 Å². The first kappa shape index (κ1) is 21.4. The van der Waals surface area contributed by atoms with E-state index < -0.39 is 0 Å². The third-order valence-corrected chi connectivity index (χ3v) is 5.96. The number of fused-ring (bicyclic) bond motifs is 1. The Morgan fingerprint density at radius 1 is 1.13 bits per heavy atom. The first-order valence-corrected chi connectivity index (χ1v) is 11.4. The molecule has 8 heteroatoms. The maximum absolute atomic E-state index is 12.8. The van der Waals surface area contributed by atoms with Crippen molar-refractivity contribution in [3.8, 4) is 11.5 Å². The van der Waals surface area contributed by atoms with Crippen molar-refractivity contribution in [1.82, 2.24) is 4.98 Å². The number of aromatic nitrogens is 1. The molecule has 3 aromatic rings. The van der Waals surface area contributed by atoms with E-state index in [4.69, 9.17) is 19.2 Å². The smallest absolute Gasteiger partial charge is 0.255 e. The van der Waals surface area contributed by atoms with E-state index in [1.54, 1.807) is 29.5 Å². The Balaban J connectivity index is 1.50. The van der Waals surface area contributed by atoms with E-state index in [0.29, 0.717) is 30.3 Å². The fraction of sp³-hybridized carbons (Fsp3) is 0.391. The Bertz CT molecular complexity index is 1050. The first-order chi connectivity index (χ1) is 15.2. The van der Waals surface area contributed by atoms with E-state index in [2.05, 4.69) is 10.2 Å². The van der Waals surface area contributed by atoms with Gasteiger partial charge in [-0.1, -0.05) is 18.3 Å². The number of benzene rings is 2. The molecule has 1 aliphatic heterocycles. The minimum absolute atomic E-state index is 0.194. The number of thiazole rings is 1. The number of hydrogen-bond donors (Lipinski definition) is 1. The Morgan fingerprint density at radius 3 is 2.74 bits per heavy atom. The standard InChI is InChI=1S/C23H27N3O4S/c1-3-11-30-19-8-5-16(14-20(19)29-4-2)22(27)24-17-6-7-18-21(15-17)31-23(25-18)26-9-12-28-13-10-26/h5-8,14-15H,3-4,9-13H2,1-2H3,(H,24,27). The van der Waals surface area contributed by atoms with Crippen molar-refractivity contribution in [3.05, 3.63) is 42.0 Å². The molecule has 1 aromatic heterocycles. The number of hydrogen-bond acceptors (Lipinski definition) is 7. The van der Waals surface area contributed by atoms with Gasteiger partial charge in [0, 0.05) is 24.3 Å². The molecular formula is C23H27N3O4S. The third kappa shape index (κ3) is 5.08. The molecule has 2 heterocycles. The maximum atomic E-state index is 12.8. The van der Waals surface area contributed by atoms with Crippen molar-refractivity contribution in [2.45, 2.75) is 20.3 Å². The second-order valence-electron chi connectivity index (χ2n) is 7.18. The van der Waals surface area contributed by atoms with E-state index in [0.717, 1.165) is 53.8 Å². The molecule has 1 N–H and O–H groups in total. The molecule has 31 heavy (non-hydrogen) atoms. The van der Waals surface area contributed by atoms with Crippen LogP contribution in [0.4, 0.5) is 10.8 Å². The largest absolute Gasteiger partial charge is 0.490 e. The molecule has 0 aliphatic carbocycles. The predicted molar refractivity (Wildman–Crippen MR) is 124 cm³/mol. The van der Waals surface area contributed by atoms with E-state index in [1.165, 1.54) is 0 Å². The molecule has 0 radical (unpaired) electrons. The predicted octanol–water partition coefficient (Wildman–Crippen LogP) is 4.57. The Hall–Kier alpha value is -2.84. The molecule has 0 unspecified atom stereocenters. The highest BCUT2D eigenvalue weighted by atomic mass is 32.1. The van der Waals surface area contributed by atoms with Crippen LogP contribution in [0.2, 0.25) is 0 Å². The first-order valence-electron chi connectivity index (χ1n) is 10.6. The molecular weight excluding hydrogens is 414 g/mol. The van der Waals surface area contributed by atoms with E-state index in [1.807, 2.05) is 32.0 Å². The molecule has 0 atom stereocenters. The summed E-state index contributed by atoms with van der Waals surface area (Å²) in [6.07, 6.45) is 0.904. The van der Waals surface area contributed by atoms with Gasteiger partial charge in [0.1, 0.15) is 0 Å². The van der Waals surface area contributed by atoms with Gasteiger partial charge >= 0.3 is 0 Å². The van der Waals surface area contributed by atoms with Gasteiger partial charge in [0.05, 0.1) is 36.6 Å². The summed E-state index contributed by atoms with van der Waals surface area (Å²) in [5, 5.41) is 3.97. The number of rotatable bonds is 8. The highest BCUT2D eigenvalue weighted by Crippen LogP contribution is 2.32. The van der Waals surface area contributed by atoms with Crippen LogP contribution in [0.5, 0.6) is 11.5 Å². The second kappa shape index (κ2) is 9.98. The molecule has 0 saturated carbocycles. The van der Waals surface area contributed by atoms with Gasteiger partial charge in [-0.3, -0.25) is 4.79 Å². The summed E-state index contributed by atoms with van der Waals surface area (Å²) < 4.78 is 17.8. The summed E-state index contributed by atoms with van der Waals surface area (Å²) >= 11 is 1.63. The lowest BCUT2D eigenvalue weighted by Gasteiger charge is -2.25. The van der Waals surface area contributed by atoms with E-state index in [9.17, 15) is 4.79 Å². The van der Waals surface area contributed by atoms with Gasteiger partial charge in [0.15, 0.2) is 16.6 Å². The van der Waals surface area contributed by atoms with Gasteiger partial charge in [0.2, 0.25) is 0 Å². The van der Waals surface area contributed by atoms with Crippen LogP contribution in [-0.4, -0.2) is 50.4 Å². The van der Waals surface area contributed by atoms with Gasteiger partial charge in [-0.05, 0) is 49.7 Å². The highest BCUT2D eigenvalue weighted by molar-refractivity contribution is 7.22. The maximum Gasteiger partial charge on any atom is 0.255 e. The molecule has 164 valence electrons. The second-order valence-corrected chi connectivity index (χ2v) is 8.18. The lowest BCUT2D eigenvalue weighted by atomic mass is 10.1. The average molecular weight is 442 g/mol. The molecule has 7 nitrogen and oxygen atoms in total. The molecule has 1 aliphatic rings. The Morgan fingerprint density at radius 2 is 1.97 bits per heavy atom. The summed E-state index contributed by atoms with van der Waals surface area (Å²) in [4.78, 5) is 19.8. The SMILES string of the molecule is CCCOc1ccc(C(=O)Nc2ccc3nc(N4CCOCC4)sc3c2)cc1OCC. The van der Waals surface area contributed by atoms with Crippen LogP contribution in [0.3, 0.4) is 0 Å². The molecule has 0 spiro atoms. The van der Waals surface area contributed by atoms with Crippen LogP contribution < -0.4 is 19.7 Å². The number of carbonyl (C=O) groups is 1. The highest BCUT2D eigenvalue weighted by Gasteiger charge is 2.16. The molecule has 0 bridgehead atoms. The number of nitrogens with zero attached hydrogens (tertiary/aromatic N) is 2. The molecule has 1 amide bonds. The minimum Gasteiger partial charge on any atom is -0.490 e. The van der Waals surface area contributed by atoms with Crippen molar-refractivity contribution in [3.63, 3.8) is 0 Å². The lowest BCUT2D eigenvalue weighted by molar-refractivity contribution is 0.102. The van der Waals surface area contributed by atoms with Crippen molar-refractivity contribution in [2.75, 3.05) is 49.7 Å². The van der Waals surface area contributed by atoms with Crippen LogP contribution in [0, 0.1) is 0 Å². The number of anilines is 2. The van der Waals surface area contributed by atoms with Gasteiger partial charge in [0.25, 0.3) is 5.91 Å². The molecule has 1 saturated heterocycles. The Kier molecular flexibility index (Phi) is 6.89. The van der Waals surface area contributed by atoms with Gasteiger partial charge in [-0.2, -0.15) is 0 Å². The summed E-state index contributed by atoms with van der Waals surface area (Å²) in [6, 6.07) is 11.1. The zero-order valence-electron chi connectivity index (χ0n) is 17.8. The van der Waals surface area contributed by atoms with Crippen molar-refractivity contribution in [2.24, 2.45) is 0 Å². The number of carbonyl (C=O) groups excluding carboxylic acids is 1. The zero-order chi connectivity index (χ0) is 21.6. The molecule has 1 fully saturated rings. The third-order valence-electron chi connectivity index (χ3n) is 4.88. The fourth-order valence-corrected chi connectivity index (χ4v) is 4.39. The molecule has 2 aromatic carbocycles. The van der Waals surface area contributed by atoms with Crippen LogP contribution in [-0.2, 0) is 4.74 Å². The average Bonchev–Trinajstić information content (AvgIpc) is 3.22. The minimum atomic E-state index is -0.194. The summed E-state index contributed by atoms with van der Waals surface area (Å²) in [5.74, 6) is 1.04. The van der Waals surface area contributed by atoms with Crippen LogP contribution >= 0.6 is 11.3 Å². The monoisotopic (exact) mass is 441 g/mol. The van der Waals surface area contributed by atoms with E-state index >= 15 is 0 Å². The van der Waals surface area contributed by atoms with Gasteiger partial charge in [-0.25, -0.2) is 4.98 Å². The fourth-order valence-electron chi connectivity index (χ4n) is 3.33. The molecule has 4 rings (SSSR count). The van der Waals surface area contributed by atoms with Crippen molar-refractivity contribution < 1.29 is 19.0 Å². The summed E-state index contributed by atoms with van der Waals surface area (Å²) in [6.45, 7) is 8.21. The number of nitrogens with one attached hydrogen (secondary N) is 1. The number of amides is 1. The van der Waals surface area contributed by atoms with Crippen molar-refractivity contribution >= 4 is 38.3 Å². The topological polar surface area (TPSA) is 72.9 Å². The number of morpholine rings is 1. The van der Waals surface area contributed by atoms with Gasteiger partial charge in [-0.15, -0.1) is 0 Å². The van der Waals surface area contributed by atoms with Crippen LogP contribution in [0.15, 0.2) is 36.4 Å². The summed E-state index contributed by atoms with van der Waals surface area (Å²) in [5.41, 5.74) is 2.19. The van der Waals surface area contributed by atoms with Crippen LogP contribution in [0.25, 0.3) is 10.2 Å². The zero-order valence-corrected chi connectivity index (χ0v) is 18.7. The lowest BCUT2D eigenvalue weighted by Crippen LogP contribution is -2.36. The number of ether oxygens (including phenoxy) is 3. The van der Waals surface area contributed by atoms with Gasteiger partial charge < -0.3 is 24.4 Å². The quantitative estimate of drug-likeness (QED) is 0.552. The Labute approximate surface area is 185 Å².